The van der Waals surface area contributed by atoms with Gasteiger partial charge in [-0.2, -0.15) is 0 Å². The van der Waals surface area contributed by atoms with Crippen LogP contribution in [0.2, 0.25) is 0 Å². The summed E-state index contributed by atoms with van der Waals surface area (Å²) in [6.07, 6.45) is 1.52. The zero-order valence-corrected chi connectivity index (χ0v) is 13.4. The Labute approximate surface area is 142 Å². The summed E-state index contributed by atoms with van der Waals surface area (Å²) in [4.78, 5) is 37.8. The maximum absolute atomic E-state index is 12.4. The number of nitrogens with zero attached hydrogens (tertiary/aromatic N) is 1. The quantitative estimate of drug-likeness (QED) is 0.323. The Morgan fingerprint density at radius 2 is 1.80 bits per heavy atom. The molecule has 1 aromatic heterocycles. The molecule has 0 aliphatic carbocycles. The number of fused-ring (bicyclic) bond motifs is 1. The molecule has 0 unspecified atom stereocenters. The fourth-order valence-corrected chi connectivity index (χ4v) is 2.61. The van der Waals surface area contributed by atoms with E-state index in [1.54, 1.807) is 31.2 Å². The highest BCUT2D eigenvalue weighted by molar-refractivity contribution is 6.45. The van der Waals surface area contributed by atoms with Crippen molar-refractivity contribution in [2.75, 3.05) is 0 Å². The lowest BCUT2D eigenvalue weighted by atomic mass is 10.1. The van der Waals surface area contributed by atoms with E-state index in [-0.39, 0.29) is 5.69 Å². The first-order chi connectivity index (χ1) is 12.0. The monoisotopic (exact) mass is 337 g/mol. The van der Waals surface area contributed by atoms with Crippen LogP contribution in [0.4, 0.5) is 5.69 Å². The lowest BCUT2D eigenvalue weighted by Crippen LogP contribution is -2.33. The predicted octanol–water partition coefficient (Wildman–Crippen LogP) is 3.14. The lowest BCUT2D eigenvalue weighted by molar-refractivity contribution is -0.384. The van der Waals surface area contributed by atoms with E-state index in [0.717, 1.165) is 5.52 Å². The molecule has 1 amide bonds. The van der Waals surface area contributed by atoms with Gasteiger partial charge in [-0.15, -0.1) is 0 Å². The smallest absolute Gasteiger partial charge is 0.292 e. The van der Waals surface area contributed by atoms with Gasteiger partial charge in [0.1, 0.15) is 0 Å². The molecule has 0 bridgehead atoms. The molecule has 0 saturated heterocycles. The lowest BCUT2D eigenvalue weighted by Gasteiger charge is -2.13. The van der Waals surface area contributed by atoms with Crippen LogP contribution in [0.15, 0.2) is 54.7 Å². The van der Waals surface area contributed by atoms with Crippen molar-refractivity contribution in [3.8, 4) is 0 Å². The number of nitro groups is 1. The van der Waals surface area contributed by atoms with Crippen molar-refractivity contribution >= 4 is 28.3 Å². The Balaban J connectivity index is 1.74. The first kappa shape index (κ1) is 16.4. The Kier molecular flexibility index (Phi) is 4.30. The summed E-state index contributed by atoms with van der Waals surface area (Å²) in [7, 11) is 0. The van der Waals surface area contributed by atoms with Gasteiger partial charge in [-0.05, 0) is 18.6 Å². The molecular formula is C18H15N3O4. The Hall–Kier alpha value is -3.48. The van der Waals surface area contributed by atoms with Crippen LogP contribution in [0.5, 0.6) is 0 Å². The van der Waals surface area contributed by atoms with Crippen molar-refractivity contribution in [2.45, 2.75) is 13.0 Å². The van der Waals surface area contributed by atoms with Crippen molar-refractivity contribution in [3.05, 3.63) is 76.0 Å². The first-order valence-electron chi connectivity index (χ1n) is 7.63. The first-order valence-corrected chi connectivity index (χ1v) is 7.63. The topological polar surface area (TPSA) is 105 Å². The molecule has 0 aliphatic heterocycles. The Morgan fingerprint density at radius 1 is 1.12 bits per heavy atom. The minimum Gasteiger partial charge on any atom is -0.360 e. The molecule has 0 radical (unpaired) electrons. The molecule has 2 N–H and O–H groups in total. The fraction of sp³-hybridized carbons (Fsp3) is 0.111. The van der Waals surface area contributed by atoms with Crippen LogP contribution in [0, 0.1) is 10.1 Å². The van der Waals surface area contributed by atoms with Gasteiger partial charge in [0, 0.05) is 29.2 Å². The number of Topliss-reactive ketones (excluding diaryl/α,β-unsaturated/α-hetero) is 1. The SMILES string of the molecule is C[C@H](NC(=O)C(=O)c1c[nH]c2ccccc12)c1ccc([N+](=O)[O-])cc1. The number of nitrogens with one attached hydrogen (secondary N) is 2. The highest BCUT2D eigenvalue weighted by Crippen LogP contribution is 2.20. The molecule has 2 aromatic carbocycles. The maximum Gasteiger partial charge on any atom is 0.292 e. The molecule has 1 heterocycles. The number of non-ortho nitro benzene ring substituents is 1. The number of amides is 1. The number of rotatable bonds is 5. The minimum absolute atomic E-state index is 0.0304. The molecule has 0 fully saturated rings. The summed E-state index contributed by atoms with van der Waals surface area (Å²) in [6.45, 7) is 1.71. The minimum atomic E-state index is -0.726. The largest absolute Gasteiger partial charge is 0.360 e. The van der Waals surface area contributed by atoms with Gasteiger partial charge >= 0.3 is 0 Å². The van der Waals surface area contributed by atoms with Crippen molar-refractivity contribution in [1.29, 1.82) is 0 Å². The van der Waals surface area contributed by atoms with Gasteiger partial charge in [0.25, 0.3) is 17.4 Å². The fourth-order valence-electron chi connectivity index (χ4n) is 2.61. The summed E-state index contributed by atoms with van der Waals surface area (Å²) in [6, 6.07) is 12.6. The average Bonchev–Trinajstić information content (AvgIpc) is 3.05. The zero-order chi connectivity index (χ0) is 18.0. The Bertz CT molecular complexity index is 960. The Morgan fingerprint density at radius 3 is 2.48 bits per heavy atom. The van der Waals surface area contributed by atoms with Crippen LogP contribution >= 0.6 is 0 Å². The number of H-pyrrole nitrogens is 1. The van der Waals surface area contributed by atoms with Gasteiger partial charge < -0.3 is 10.3 Å². The molecule has 0 spiro atoms. The molecule has 0 saturated carbocycles. The van der Waals surface area contributed by atoms with Gasteiger partial charge in [0.2, 0.25) is 0 Å². The number of hydrogen-bond acceptors (Lipinski definition) is 4. The van der Waals surface area contributed by atoms with Crippen LogP contribution in [0.3, 0.4) is 0 Å². The molecule has 25 heavy (non-hydrogen) atoms. The number of aromatic amines is 1. The maximum atomic E-state index is 12.4. The third-order valence-electron chi connectivity index (χ3n) is 3.99. The third kappa shape index (κ3) is 3.25. The van der Waals surface area contributed by atoms with Gasteiger partial charge in [-0.25, -0.2) is 0 Å². The van der Waals surface area contributed by atoms with E-state index in [4.69, 9.17) is 0 Å². The number of aromatic nitrogens is 1. The van der Waals surface area contributed by atoms with Gasteiger partial charge in [0.05, 0.1) is 16.5 Å². The van der Waals surface area contributed by atoms with Gasteiger partial charge in [-0.3, -0.25) is 19.7 Å². The average molecular weight is 337 g/mol. The van der Waals surface area contributed by atoms with Gasteiger partial charge in [0.15, 0.2) is 0 Å². The number of para-hydroxylation sites is 1. The van der Waals surface area contributed by atoms with E-state index in [1.807, 2.05) is 12.1 Å². The summed E-state index contributed by atoms with van der Waals surface area (Å²) in [5, 5.41) is 14.0. The number of nitro benzene ring substituents is 1. The van der Waals surface area contributed by atoms with E-state index in [9.17, 15) is 19.7 Å². The molecular weight excluding hydrogens is 322 g/mol. The molecule has 7 heteroatoms. The van der Waals surface area contributed by atoms with Crippen LogP contribution in [-0.2, 0) is 4.79 Å². The van der Waals surface area contributed by atoms with E-state index >= 15 is 0 Å². The third-order valence-corrected chi connectivity index (χ3v) is 3.99. The molecule has 7 nitrogen and oxygen atoms in total. The van der Waals surface area contributed by atoms with E-state index in [1.165, 1.54) is 18.3 Å². The summed E-state index contributed by atoms with van der Waals surface area (Å²) < 4.78 is 0. The van der Waals surface area contributed by atoms with Crippen molar-refractivity contribution in [3.63, 3.8) is 0 Å². The second kappa shape index (κ2) is 6.56. The number of benzene rings is 2. The van der Waals surface area contributed by atoms with Crippen LogP contribution in [-0.4, -0.2) is 21.6 Å². The van der Waals surface area contributed by atoms with E-state index in [2.05, 4.69) is 10.3 Å². The molecule has 1 atom stereocenters. The summed E-state index contributed by atoms with van der Waals surface area (Å²) in [5.41, 5.74) is 1.73. The molecule has 0 aliphatic rings. The number of carbonyl (C=O) groups excluding carboxylic acids is 2. The van der Waals surface area contributed by atoms with Crippen LogP contribution in [0.25, 0.3) is 10.9 Å². The van der Waals surface area contributed by atoms with E-state index in [0.29, 0.717) is 16.5 Å². The molecule has 126 valence electrons. The normalized spacial score (nSPS) is 11.9. The summed E-state index contributed by atoms with van der Waals surface area (Å²) >= 11 is 0. The van der Waals surface area contributed by atoms with Crippen molar-refractivity contribution in [2.24, 2.45) is 0 Å². The zero-order valence-electron chi connectivity index (χ0n) is 13.4. The molecule has 3 aromatic rings. The highest BCUT2D eigenvalue weighted by atomic mass is 16.6. The predicted molar refractivity (Wildman–Crippen MR) is 92.3 cm³/mol. The summed E-state index contributed by atoms with van der Waals surface area (Å²) in [5.74, 6) is -1.36. The van der Waals surface area contributed by atoms with Crippen molar-refractivity contribution < 1.29 is 14.5 Å². The van der Waals surface area contributed by atoms with Gasteiger partial charge in [-0.1, -0.05) is 30.3 Å². The van der Waals surface area contributed by atoms with E-state index < -0.39 is 22.7 Å². The number of hydrogen-bond donors (Lipinski definition) is 2. The second-order valence-electron chi connectivity index (χ2n) is 5.62. The number of ketones is 1. The number of carbonyl (C=O) groups is 2. The van der Waals surface area contributed by atoms with Crippen LogP contribution < -0.4 is 5.32 Å². The molecule has 3 rings (SSSR count). The van der Waals surface area contributed by atoms with Crippen molar-refractivity contribution in [1.82, 2.24) is 10.3 Å². The van der Waals surface area contributed by atoms with Crippen LogP contribution in [0.1, 0.15) is 28.9 Å². The standard InChI is InChI=1S/C18H15N3O4/c1-11(12-6-8-13(9-7-12)21(24)25)20-18(23)17(22)15-10-19-16-5-3-2-4-14(15)16/h2-11,19H,1H3,(H,20,23)/t11-/m0/s1. The second-order valence-corrected chi connectivity index (χ2v) is 5.62. The highest BCUT2D eigenvalue weighted by Gasteiger charge is 2.22.